The van der Waals surface area contributed by atoms with Gasteiger partial charge in [-0.1, -0.05) is 13.8 Å². The minimum atomic E-state index is -1.25. The van der Waals surface area contributed by atoms with Crippen LogP contribution < -0.4 is 4.90 Å². The number of aromatic carboxylic acids is 1. The summed E-state index contributed by atoms with van der Waals surface area (Å²) in [5, 5.41) is 8.96. The normalized spacial score (nSPS) is 17.8. The van der Waals surface area contributed by atoms with Crippen molar-refractivity contribution < 1.29 is 18.7 Å². The van der Waals surface area contributed by atoms with Gasteiger partial charge in [0.1, 0.15) is 0 Å². The molecule has 0 bridgehead atoms. The second-order valence-electron chi connectivity index (χ2n) is 5.11. The summed E-state index contributed by atoms with van der Waals surface area (Å²) in [6.45, 7) is 5.34. The van der Waals surface area contributed by atoms with Crippen molar-refractivity contribution in [2.45, 2.75) is 13.8 Å². The Hall–Kier alpha value is -1.65. The first-order valence-electron chi connectivity index (χ1n) is 5.27. The van der Waals surface area contributed by atoms with Crippen LogP contribution in [0, 0.1) is 17.0 Å². The fourth-order valence-corrected chi connectivity index (χ4v) is 2.13. The molecular formula is C12H13F2NO2. The topological polar surface area (TPSA) is 40.5 Å². The van der Waals surface area contributed by atoms with Crippen LogP contribution >= 0.6 is 0 Å². The molecular weight excluding hydrogens is 228 g/mol. The van der Waals surface area contributed by atoms with E-state index in [1.54, 1.807) is 4.90 Å². The third kappa shape index (κ3) is 2.09. The standard InChI is InChI=1S/C12H13F2NO2/c1-12(2)5-15(6-12)10-4-9(14)8(13)3-7(10)11(16)17/h3-4H,5-6H2,1-2H3,(H,16,17). The largest absolute Gasteiger partial charge is 0.478 e. The third-order valence-electron chi connectivity index (χ3n) is 2.85. The quantitative estimate of drug-likeness (QED) is 0.864. The van der Waals surface area contributed by atoms with Crippen LogP contribution in [-0.4, -0.2) is 24.2 Å². The number of rotatable bonds is 2. The Kier molecular flexibility index (Phi) is 2.56. The molecule has 1 heterocycles. The first-order chi connectivity index (χ1) is 7.80. The highest BCUT2D eigenvalue weighted by Crippen LogP contribution is 2.36. The Bertz CT molecular complexity index is 478. The van der Waals surface area contributed by atoms with Gasteiger partial charge in [-0.05, 0) is 11.5 Å². The third-order valence-corrected chi connectivity index (χ3v) is 2.85. The maximum atomic E-state index is 13.1. The molecule has 1 fully saturated rings. The molecule has 92 valence electrons. The van der Waals surface area contributed by atoms with Crippen LogP contribution in [0.25, 0.3) is 0 Å². The molecule has 0 amide bonds. The molecule has 1 aromatic rings. The van der Waals surface area contributed by atoms with Crippen LogP contribution in [0.2, 0.25) is 0 Å². The predicted octanol–water partition coefficient (Wildman–Crippen LogP) is 2.51. The number of halogens is 2. The minimum Gasteiger partial charge on any atom is -0.478 e. The van der Waals surface area contributed by atoms with Gasteiger partial charge < -0.3 is 10.0 Å². The van der Waals surface area contributed by atoms with Gasteiger partial charge in [-0.2, -0.15) is 0 Å². The smallest absolute Gasteiger partial charge is 0.337 e. The average Bonchev–Trinajstić information content (AvgIpc) is 2.17. The van der Waals surface area contributed by atoms with E-state index in [0.717, 1.165) is 12.1 Å². The second-order valence-corrected chi connectivity index (χ2v) is 5.11. The van der Waals surface area contributed by atoms with Gasteiger partial charge in [0.2, 0.25) is 0 Å². The van der Waals surface area contributed by atoms with Crippen molar-refractivity contribution in [1.29, 1.82) is 0 Å². The van der Waals surface area contributed by atoms with Crippen LogP contribution in [0.4, 0.5) is 14.5 Å². The highest BCUT2D eigenvalue weighted by Gasteiger charge is 2.36. The number of nitrogens with zero attached hydrogens (tertiary/aromatic N) is 1. The maximum absolute atomic E-state index is 13.1. The highest BCUT2D eigenvalue weighted by molar-refractivity contribution is 5.94. The molecule has 3 nitrogen and oxygen atoms in total. The first-order valence-corrected chi connectivity index (χ1v) is 5.27. The van der Waals surface area contributed by atoms with E-state index in [0.29, 0.717) is 13.1 Å². The van der Waals surface area contributed by atoms with E-state index in [-0.39, 0.29) is 16.7 Å². The number of benzene rings is 1. The second kappa shape index (κ2) is 3.68. The van der Waals surface area contributed by atoms with Crippen LogP contribution in [0.15, 0.2) is 12.1 Å². The first kappa shape index (κ1) is 11.8. The molecule has 1 N–H and O–H groups in total. The molecule has 17 heavy (non-hydrogen) atoms. The number of anilines is 1. The number of carboxylic acid groups (broad SMARTS) is 1. The van der Waals surface area contributed by atoms with Gasteiger partial charge in [0.25, 0.3) is 0 Å². The molecule has 0 saturated carbocycles. The van der Waals surface area contributed by atoms with Crippen molar-refractivity contribution in [3.8, 4) is 0 Å². The summed E-state index contributed by atoms with van der Waals surface area (Å²) in [6, 6.07) is 1.69. The molecule has 1 saturated heterocycles. The SMILES string of the molecule is CC1(C)CN(c2cc(F)c(F)cc2C(=O)O)C1. The molecule has 1 aliphatic rings. The Morgan fingerprint density at radius 1 is 1.29 bits per heavy atom. The summed E-state index contributed by atoms with van der Waals surface area (Å²) in [4.78, 5) is 12.7. The number of carboxylic acids is 1. The molecule has 0 radical (unpaired) electrons. The number of hydrogen-bond donors (Lipinski definition) is 1. The van der Waals surface area contributed by atoms with Crippen molar-refractivity contribution in [2.75, 3.05) is 18.0 Å². The van der Waals surface area contributed by atoms with E-state index in [2.05, 4.69) is 0 Å². The van der Waals surface area contributed by atoms with E-state index >= 15 is 0 Å². The summed E-state index contributed by atoms with van der Waals surface area (Å²) in [6.07, 6.45) is 0. The van der Waals surface area contributed by atoms with Gasteiger partial charge in [-0.15, -0.1) is 0 Å². The number of carbonyl (C=O) groups is 1. The fourth-order valence-electron chi connectivity index (χ4n) is 2.13. The molecule has 5 heteroatoms. The van der Waals surface area contributed by atoms with Crippen LogP contribution in [-0.2, 0) is 0 Å². The zero-order valence-electron chi connectivity index (χ0n) is 9.63. The van der Waals surface area contributed by atoms with Gasteiger partial charge in [0.15, 0.2) is 11.6 Å². The lowest BCUT2D eigenvalue weighted by atomic mass is 9.83. The molecule has 1 aliphatic heterocycles. The van der Waals surface area contributed by atoms with Gasteiger partial charge in [0.05, 0.1) is 11.3 Å². The van der Waals surface area contributed by atoms with E-state index < -0.39 is 17.6 Å². The van der Waals surface area contributed by atoms with E-state index in [1.807, 2.05) is 13.8 Å². The molecule has 1 aromatic carbocycles. The Morgan fingerprint density at radius 3 is 2.29 bits per heavy atom. The zero-order valence-corrected chi connectivity index (χ0v) is 9.63. The summed E-state index contributed by atoms with van der Waals surface area (Å²) in [7, 11) is 0. The summed E-state index contributed by atoms with van der Waals surface area (Å²) >= 11 is 0. The lowest BCUT2D eigenvalue weighted by Crippen LogP contribution is -2.53. The van der Waals surface area contributed by atoms with Gasteiger partial charge in [-0.25, -0.2) is 13.6 Å². The van der Waals surface area contributed by atoms with Crippen molar-refractivity contribution in [1.82, 2.24) is 0 Å². The average molecular weight is 241 g/mol. The predicted molar refractivity (Wildman–Crippen MR) is 59.3 cm³/mol. The van der Waals surface area contributed by atoms with Crippen molar-refractivity contribution in [3.63, 3.8) is 0 Å². The van der Waals surface area contributed by atoms with E-state index in [9.17, 15) is 13.6 Å². The molecule has 0 unspecified atom stereocenters. The minimum absolute atomic E-state index is 0.0840. The Labute approximate surface area is 97.7 Å². The van der Waals surface area contributed by atoms with E-state index in [4.69, 9.17) is 5.11 Å². The van der Waals surface area contributed by atoms with Crippen LogP contribution in [0.5, 0.6) is 0 Å². The van der Waals surface area contributed by atoms with Crippen LogP contribution in [0.1, 0.15) is 24.2 Å². The lowest BCUT2D eigenvalue weighted by molar-refractivity contribution is 0.0696. The molecule has 0 atom stereocenters. The molecule has 0 aliphatic carbocycles. The van der Waals surface area contributed by atoms with E-state index in [1.165, 1.54) is 0 Å². The lowest BCUT2D eigenvalue weighted by Gasteiger charge is -2.47. The maximum Gasteiger partial charge on any atom is 0.337 e. The summed E-state index contributed by atoms with van der Waals surface area (Å²) < 4.78 is 26.1. The Morgan fingerprint density at radius 2 is 1.82 bits per heavy atom. The molecule has 0 aromatic heterocycles. The summed E-state index contributed by atoms with van der Waals surface area (Å²) in [5.41, 5.74) is 0.135. The molecule has 0 spiro atoms. The van der Waals surface area contributed by atoms with Gasteiger partial charge >= 0.3 is 5.97 Å². The zero-order chi connectivity index (χ0) is 12.8. The fraction of sp³-hybridized carbons (Fsp3) is 0.417. The van der Waals surface area contributed by atoms with Gasteiger partial charge in [0, 0.05) is 19.2 Å². The number of hydrogen-bond acceptors (Lipinski definition) is 2. The highest BCUT2D eigenvalue weighted by atomic mass is 19.2. The Balaban J connectivity index is 2.39. The van der Waals surface area contributed by atoms with Crippen molar-refractivity contribution in [2.24, 2.45) is 5.41 Å². The van der Waals surface area contributed by atoms with Crippen molar-refractivity contribution in [3.05, 3.63) is 29.3 Å². The summed E-state index contributed by atoms with van der Waals surface area (Å²) in [5.74, 6) is -3.40. The monoisotopic (exact) mass is 241 g/mol. The van der Waals surface area contributed by atoms with Crippen molar-refractivity contribution >= 4 is 11.7 Å². The van der Waals surface area contributed by atoms with Crippen LogP contribution in [0.3, 0.4) is 0 Å². The van der Waals surface area contributed by atoms with Gasteiger partial charge in [-0.3, -0.25) is 0 Å². The molecule has 2 rings (SSSR count).